The summed E-state index contributed by atoms with van der Waals surface area (Å²) in [5.41, 5.74) is -0.143. The second-order valence-electron chi connectivity index (χ2n) is 7.95. The van der Waals surface area contributed by atoms with Crippen molar-refractivity contribution < 1.29 is 28.2 Å². The molecule has 1 aromatic carbocycles. The number of rotatable bonds is 5. The number of allylic oxidation sites excluding steroid dienone is 2. The molecule has 0 N–H and O–H groups in total. The van der Waals surface area contributed by atoms with Crippen molar-refractivity contribution in [2.45, 2.75) is 59.4 Å². The molecule has 0 aliphatic carbocycles. The van der Waals surface area contributed by atoms with Crippen LogP contribution in [0.2, 0.25) is 0 Å². The highest BCUT2D eigenvalue weighted by molar-refractivity contribution is 5.89. The maximum Gasteiger partial charge on any atom is 0.336 e. The van der Waals surface area contributed by atoms with Crippen LogP contribution in [0.15, 0.2) is 56.8 Å². The molecule has 164 valence electrons. The van der Waals surface area contributed by atoms with E-state index in [4.69, 9.17) is 18.6 Å². The van der Waals surface area contributed by atoms with Crippen LogP contribution >= 0.6 is 0 Å². The van der Waals surface area contributed by atoms with Crippen molar-refractivity contribution in [1.29, 1.82) is 0 Å². The van der Waals surface area contributed by atoms with Gasteiger partial charge in [0.25, 0.3) is 0 Å². The predicted molar refractivity (Wildman–Crippen MR) is 115 cm³/mol. The van der Waals surface area contributed by atoms with Gasteiger partial charge in [0.2, 0.25) is 0 Å². The molecule has 1 aliphatic heterocycles. The molecular formula is C24H26O7. The van der Waals surface area contributed by atoms with E-state index in [9.17, 15) is 14.4 Å². The third-order valence-electron chi connectivity index (χ3n) is 5.39. The van der Waals surface area contributed by atoms with Crippen LogP contribution in [0.5, 0.6) is 5.75 Å². The van der Waals surface area contributed by atoms with Gasteiger partial charge in [0.15, 0.2) is 12.2 Å². The molecule has 0 fully saturated rings. The quantitative estimate of drug-likeness (QED) is 0.398. The maximum absolute atomic E-state index is 12.6. The Morgan fingerprint density at radius 1 is 1.00 bits per heavy atom. The second-order valence-corrected chi connectivity index (χ2v) is 7.95. The van der Waals surface area contributed by atoms with E-state index >= 15 is 0 Å². The number of esters is 2. The van der Waals surface area contributed by atoms with Crippen molar-refractivity contribution >= 4 is 22.9 Å². The predicted octanol–water partition coefficient (Wildman–Crippen LogP) is 4.39. The van der Waals surface area contributed by atoms with Gasteiger partial charge in [-0.15, -0.1) is 0 Å². The molecule has 0 saturated carbocycles. The summed E-state index contributed by atoms with van der Waals surface area (Å²) in [4.78, 5) is 37.0. The molecule has 31 heavy (non-hydrogen) atoms. The average Bonchev–Trinajstić information content (AvgIpc) is 3.11. The standard InChI is InChI=1S/C24H26O7/c1-7-13(3)22(26)30-20-18-16(11-9-15-10-12-17(25)29-19(15)18)28-21(20)24(5,6)31-23(27)14(4)8-2/h7-12,20-21H,1-6H3/t20-,21+/m1/s1. The fourth-order valence-corrected chi connectivity index (χ4v) is 3.31. The largest absolute Gasteiger partial charge is 0.481 e. The van der Waals surface area contributed by atoms with E-state index < -0.39 is 35.4 Å². The molecule has 0 saturated heterocycles. The molecular weight excluding hydrogens is 400 g/mol. The van der Waals surface area contributed by atoms with Gasteiger partial charge in [0, 0.05) is 22.6 Å². The number of carbonyl (C=O) groups is 2. The first-order valence-corrected chi connectivity index (χ1v) is 10.0. The van der Waals surface area contributed by atoms with Crippen LogP contribution in [0.3, 0.4) is 0 Å². The van der Waals surface area contributed by atoms with E-state index in [1.807, 2.05) is 0 Å². The zero-order valence-corrected chi connectivity index (χ0v) is 18.5. The molecule has 0 unspecified atom stereocenters. The van der Waals surface area contributed by atoms with Crippen LogP contribution in [0.25, 0.3) is 11.0 Å². The smallest absolute Gasteiger partial charge is 0.336 e. The summed E-state index contributed by atoms with van der Waals surface area (Å²) in [5.74, 6) is -0.649. The van der Waals surface area contributed by atoms with E-state index in [2.05, 4.69) is 0 Å². The van der Waals surface area contributed by atoms with Crippen LogP contribution in [-0.4, -0.2) is 23.6 Å². The monoisotopic (exact) mass is 426 g/mol. The highest BCUT2D eigenvalue weighted by Crippen LogP contribution is 2.47. The summed E-state index contributed by atoms with van der Waals surface area (Å²) in [6.45, 7) is 10.1. The topological polar surface area (TPSA) is 92.0 Å². The first-order chi connectivity index (χ1) is 14.6. The number of carbonyl (C=O) groups excluding carboxylic acids is 2. The summed E-state index contributed by atoms with van der Waals surface area (Å²) < 4.78 is 23.1. The Morgan fingerprint density at radius 3 is 2.26 bits per heavy atom. The normalized spacial score (nSPS) is 19.0. The Balaban J connectivity index is 2.11. The Kier molecular flexibility index (Phi) is 6.06. The van der Waals surface area contributed by atoms with Crippen LogP contribution < -0.4 is 10.4 Å². The highest BCUT2D eigenvalue weighted by Gasteiger charge is 2.50. The SMILES string of the molecule is CC=C(C)C(=O)O[C@@H]1c2c(ccc3ccc(=O)oc23)O[C@@H]1C(C)(C)OC(=O)C(C)=CC. The summed E-state index contributed by atoms with van der Waals surface area (Å²) >= 11 is 0. The third-order valence-corrected chi connectivity index (χ3v) is 5.39. The number of hydrogen-bond donors (Lipinski definition) is 0. The van der Waals surface area contributed by atoms with Gasteiger partial charge in [-0.1, -0.05) is 12.2 Å². The summed E-state index contributed by atoms with van der Waals surface area (Å²) in [6, 6.07) is 6.42. The van der Waals surface area contributed by atoms with Crippen LogP contribution in [-0.2, 0) is 19.1 Å². The molecule has 2 heterocycles. The molecule has 2 atom stereocenters. The minimum absolute atomic E-state index is 0.273. The van der Waals surface area contributed by atoms with Gasteiger partial charge in [0.05, 0.1) is 5.56 Å². The molecule has 3 rings (SSSR count). The van der Waals surface area contributed by atoms with Gasteiger partial charge in [-0.3, -0.25) is 0 Å². The van der Waals surface area contributed by atoms with Crippen molar-refractivity contribution in [2.24, 2.45) is 0 Å². The highest BCUT2D eigenvalue weighted by atomic mass is 16.6. The molecule has 7 heteroatoms. The van der Waals surface area contributed by atoms with Gasteiger partial charge in [-0.25, -0.2) is 14.4 Å². The summed E-state index contributed by atoms with van der Waals surface area (Å²) in [7, 11) is 0. The van der Waals surface area contributed by atoms with Crippen LogP contribution in [0.1, 0.15) is 53.2 Å². The molecule has 1 aromatic heterocycles. The van der Waals surface area contributed by atoms with Crippen molar-refractivity contribution in [3.05, 3.63) is 63.5 Å². The zero-order chi connectivity index (χ0) is 22.9. The Morgan fingerprint density at radius 2 is 1.61 bits per heavy atom. The zero-order valence-electron chi connectivity index (χ0n) is 18.5. The van der Waals surface area contributed by atoms with Crippen molar-refractivity contribution in [3.63, 3.8) is 0 Å². The summed E-state index contributed by atoms with van der Waals surface area (Å²) in [5, 5.41) is 0.658. The number of benzene rings is 1. The van der Waals surface area contributed by atoms with Crippen LogP contribution in [0, 0.1) is 0 Å². The fourth-order valence-electron chi connectivity index (χ4n) is 3.31. The molecule has 2 aromatic rings. The molecule has 7 nitrogen and oxygen atoms in total. The first-order valence-electron chi connectivity index (χ1n) is 10.0. The first kappa shape index (κ1) is 22.3. The van der Waals surface area contributed by atoms with E-state index in [-0.39, 0.29) is 5.58 Å². The lowest BCUT2D eigenvalue weighted by molar-refractivity contribution is -0.172. The minimum atomic E-state index is -1.17. The van der Waals surface area contributed by atoms with Gasteiger partial charge >= 0.3 is 17.6 Å². The molecule has 0 amide bonds. The average molecular weight is 426 g/mol. The van der Waals surface area contributed by atoms with Gasteiger partial charge in [-0.2, -0.15) is 0 Å². The van der Waals surface area contributed by atoms with Crippen molar-refractivity contribution in [3.8, 4) is 5.75 Å². The Labute approximate surface area is 180 Å². The van der Waals surface area contributed by atoms with Crippen molar-refractivity contribution in [2.75, 3.05) is 0 Å². The number of ether oxygens (including phenoxy) is 3. The Bertz CT molecular complexity index is 1150. The van der Waals surface area contributed by atoms with Gasteiger partial charge in [-0.05, 0) is 59.7 Å². The summed E-state index contributed by atoms with van der Waals surface area (Å²) in [6.07, 6.45) is 1.47. The number of fused-ring (bicyclic) bond motifs is 3. The lowest BCUT2D eigenvalue weighted by atomic mass is 9.93. The van der Waals surface area contributed by atoms with E-state index in [0.717, 1.165) is 0 Å². The molecule has 0 spiro atoms. The second kappa shape index (κ2) is 8.41. The number of hydrogen-bond acceptors (Lipinski definition) is 7. The molecule has 1 aliphatic rings. The van der Waals surface area contributed by atoms with E-state index in [1.165, 1.54) is 6.07 Å². The minimum Gasteiger partial charge on any atom is -0.481 e. The maximum atomic E-state index is 12.6. The van der Waals surface area contributed by atoms with E-state index in [0.29, 0.717) is 27.8 Å². The molecule has 0 bridgehead atoms. The Hall–Kier alpha value is -3.35. The van der Waals surface area contributed by atoms with Crippen molar-refractivity contribution in [1.82, 2.24) is 0 Å². The van der Waals surface area contributed by atoms with Gasteiger partial charge in [0.1, 0.15) is 16.9 Å². The fraction of sp³-hybridized carbons (Fsp3) is 0.375. The molecule has 0 radical (unpaired) electrons. The van der Waals surface area contributed by atoms with Crippen LogP contribution in [0.4, 0.5) is 0 Å². The lowest BCUT2D eigenvalue weighted by Gasteiger charge is -2.33. The third kappa shape index (κ3) is 4.26. The van der Waals surface area contributed by atoms with Gasteiger partial charge < -0.3 is 18.6 Å². The lowest BCUT2D eigenvalue weighted by Crippen LogP contribution is -2.46. The van der Waals surface area contributed by atoms with E-state index in [1.54, 1.807) is 71.9 Å².